The number of carbonyl (C=O) groups excluding carboxylic acids is 1. The zero-order valence-corrected chi connectivity index (χ0v) is 19.4. The van der Waals surface area contributed by atoms with Gasteiger partial charge in [-0.15, -0.1) is 10.2 Å². The van der Waals surface area contributed by atoms with Crippen LogP contribution in [0.15, 0.2) is 62.3 Å². The third-order valence-electron chi connectivity index (χ3n) is 4.52. The number of hydrogen-bond acceptors (Lipinski definition) is 6. The van der Waals surface area contributed by atoms with Crippen LogP contribution in [0.3, 0.4) is 0 Å². The minimum atomic E-state index is -0.608. The minimum absolute atomic E-state index is 0.0625. The summed E-state index contributed by atoms with van der Waals surface area (Å²) in [6.45, 7) is 3.90. The Balaban J connectivity index is 1.74. The molecular formula is C22H24BrN5O3. The summed E-state index contributed by atoms with van der Waals surface area (Å²) < 4.78 is 2.53. The van der Waals surface area contributed by atoms with Gasteiger partial charge in [-0.1, -0.05) is 50.9 Å². The molecule has 3 aromatic rings. The van der Waals surface area contributed by atoms with E-state index in [0.29, 0.717) is 17.8 Å². The van der Waals surface area contributed by atoms with E-state index in [0.717, 1.165) is 21.1 Å². The molecule has 1 heterocycles. The molecule has 8 nitrogen and oxygen atoms in total. The second-order valence-electron chi connectivity index (χ2n) is 7.39. The topological polar surface area (TPSA) is 91.8 Å². The van der Waals surface area contributed by atoms with E-state index in [4.69, 9.17) is 4.84 Å². The van der Waals surface area contributed by atoms with Crippen molar-refractivity contribution in [1.82, 2.24) is 9.47 Å². The van der Waals surface area contributed by atoms with E-state index in [1.54, 1.807) is 11.5 Å². The molecule has 162 valence electrons. The first-order chi connectivity index (χ1) is 14.8. The van der Waals surface area contributed by atoms with Crippen LogP contribution >= 0.6 is 15.9 Å². The molecule has 0 aliphatic carbocycles. The van der Waals surface area contributed by atoms with Crippen LogP contribution in [0.4, 0.5) is 5.69 Å². The Labute approximate surface area is 189 Å². The van der Waals surface area contributed by atoms with Crippen LogP contribution in [0.2, 0.25) is 0 Å². The fourth-order valence-corrected chi connectivity index (χ4v) is 3.35. The summed E-state index contributed by atoms with van der Waals surface area (Å²) in [5.41, 5.74) is 3.72. The monoisotopic (exact) mass is 485 g/mol. The van der Waals surface area contributed by atoms with E-state index < -0.39 is 5.91 Å². The Morgan fingerprint density at radius 1 is 1.19 bits per heavy atom. The minimum Gasteiger partial charge on any atom is -0.493 e. The van der Waals surface area contributed by atoms with Crippen LogP contribution in [-0.2, 0) is 16.3 Å². The summed E-state index contributed by atoms with van der Waals surface area (Å²) in [6.07, 6.45) is 0. The molecular weight excluding hydrogens is 462 g/mol. The first-order valence-corrected chi connectivity index (χ1v) is 10.4. The number of aromatic hydroxyl groups is 1. The van der Waals surface area contributed by atoms with Gasteiger partial charge in [0.15, 0.2) is 12.3 Å². The Kier molecular flexibility index (Phi) is 7.19. The van der Waals surface area contributed by atoms with Crippen molar-refractivity contribution in [2.24, 2.45) is 15.4 Å². The third kappa shape index (κ3) is 5.56. The number of fused-ring (bicyclic) bond motifs is 1. The summed E-state index contributed by atoms with van der Waals surface area (Å²) in [5.74, 6) is -0.670. The Morgan fingerprint density at radius 2 is 1.90 bits per heavy atom. The zero-order valence-electron chi connectivity index (χ0n) is 17.8. The van der Waals surface area contributed by atoms with Crippen molar-refractivity contribution < 1.29 is 14.7 Å². The lowest BCUT2D eigenvalue weighted by Gasteiger charge is -2.13. The van der Waals surface area contributed by atoms with E-state index in [1.165, 1.54) is 0 Å². The van der Waals surface area contributed by atoms with Crippen molar-refractivity contribution in [2.75, 3.05) is 20.7 Å². The SMILES string of the molecule is C/C(=N/OCC(=O)N=Nc1c(O)n(CN(C)C)c2ccc(Br)cc12)c1ccc(C)cc1. The summed E-state index contributed by atoms with van der Waals surface area (Å²) in [7, 11) is 3.79. The summed E-state index contributed by atoms with van der Waals surface area (Å²) in [6, 6.07) is 13.4. The molecule has 2 aromatic carbocycles. The lowest BCUT2D eigenvalue weighted by atomic mass is 10.1. The normalized spacial score (nSPS) is 12.3. The fourth-order valence-electron chi connectivity index (χ4n) is 2.99. The summed E-state index contributed by atoms with van der Waals surface area (Å²) in [4.78, 5) is 19.2. The van der Waals surface area contributed by atoms with Crippen molar-refractivity contribution in [1.29, 1.82) is 0 Å². The molecule has 0 bridgehead atoms. The van der Waals surface area contributed by atoms with Crippen LogP contribution in [0.25, 0.3) is 10.9 Å². The molecule has 1 N–H and O–H groups in total. The van der Waals surface area contributed by atoms with E-state index in [-0.39, 0.29) is 18.2 Å². The molecule has 0 unspecified atom stereocenters. The van der Waals surface area contributed by atoms with Gasteiger partial charge in [0.2, 0.25) is 5.88 Å². The third-order valence-corrected chi connectivity index (χ3v) is 5.01. The number of oxime groups is 1. The maximum atomic E-state index is 12.1. The molecule has 1 aromatic heterocycles. The lowest BCUT2D eigenvalue weighted by molar-refractivity contribution is -0.122. The van der Waals surface area contributed by atoms with Gasteiger partial charge in [0.05, 0.1) is 17.9 Å². The van der Waals surface area contributed by atoms with Crippen molar-refractivity contribution >= 4 is 44.1 Å². The number of benzene rings is 2. The van der Waals surface area contributed by atoms with Gasteiger partial charge in [-0.2, -0.15) is 0 Å². The van der Waals surface area contributed by atoms with Crippen LogP contribution in [0.5, 0.6) is 5.88 Å². The number of aryl methyl sites for hydroxylation is 1. The number of halogens is 1. The molecule has 31 heavy (non-hydrogen) atoms. The molecule has 0 aliphatic heterocycles. The van der Waals surface area contributed by atoms with Crippen LogP contribution < -0.4 is 0 Å². The number of carbonyl (C=O) groups is 1. The van der Waals surface area contributed by atoms with E-state index >= 15 is 0 Å². The predicted octanol–water partition coefficient (Wildman–Crippen LogP) is 4.99. The molecule has 0 spiro atoms. The zero-order chi connectivity index (χ0) is 22.5. The summed E-state index contributed by atoms with van der Waals surface area (Å²) in [5, 5.41) is 23.0. The predicted molar refractivity (Wildman–Crippen MR) is 124 cm³/mol. The summed E-state index contributed by atoms with van der Waals surface area (Å²) >= 11 is 3.43. The van der Waals surface area contributed by atoms with Crippen molar-refractivity contribution in [2.45, 2.75) is 20.5 Å². The quantitative estimate of drug-likeness (QED) is 0.290. The second-order valence-corrected chi connectivity index (χ2v) is 8.31. The van der Waals surface area contributed by atoms with Gasteiger partial charge in [-0.3, -0.25) is 14.3 Å². The molecule has 0 radical (unpaired) electrons. The van der Waals surface area contributed by atoms with Crippen molar-refractivity contribution in [3.05, 3.63) is 58.1 Å². The molecule has 0 atom stereocenters. The molecule has 3 rings (SSSR count). The average Bonchev–Trinajstić information content (AvgIpc) is 2.96. The van der Waals surface area contributed by atoms with Gasteiger partial charge in [-0.05, 0) is 51.7 Å². The highest BCUT2D eigenvalue weighted by molar-refractivity contribution is 9.10. The van der Waals surface area contributed by atoms with Crippen LogP contribution in [0, 0.1) is 6.92 Å². The van der Waals surface area contributed by atoms with Gasteiger partial charge in [0.25, 0.3) is 0 Å². The second kappa shape index (κ2) is 9.84. The molecule has 0 aliphatic rings. The number of hydrogen-bond donors (Lipinski definition) is 1. The van der Waals surface area contributed by atoms with E-state index in [9.17, 15) is 9.90 Å². The van der Waals surface area contributed by atoms with Crippen LogP contribution in [0.1, 0.15) is 18.1 Å². The number of rotatable bonds is 7. The van der Waals surface area contributed by atoms with Gasteiger partial charge >= 0.3 is 5.91 Å². The Bertz CT molecular complexity index is 1150. The van der Waals surface area contributed by atoms with Gasteiger partial charge in [0, 0.05) is 9.86 Å². The highest BCUT2D eigenvalue weighted by Crippen LogP contribution is 2.40. The largest absolute Gasteiger partial charge is 0.493 e. The number of aromatic nitrogens is 1. The number of nitrogens with zero attached hydrogens (tertiary/aromatic N) is 5. The lowest BCUT2D eigenvalue weighted by Crippen LogP contribution is -2.16. The van der Waals surface area contributed by atoms with Crippen LogP contribution in [-0.4, -0.2) is 46.9 Å². The van der Waals surface area contributed by atoms with Gasteiger partial charge in [0.1, 0.15) is 0 Å². The van der Waals surface area contributed by atoms with Gasteiger partial charge < -0.3 is 9.94 Å². The number of azo groups is 1. The molecule has 0 fully saturated rings. The standard InChI is InChI=1S/C22H24BrN5O3/c1-14-5-7-16(8-6-14)15(2)26-31-12-20(29)24-25-21-18-11-17(23)9-10-19(18)28(22(21)30)13-27(3)4/h5-11,30H,12-13H2,1-4H3/b25-24?,26-15-. The molecule has 9 heteroatoms. The molecule has 0 saturated carbocycles. The highest BCUT2D eigenvalue weighted by atomic mass is 79.9. The first-order valence-electron chi connectivity index (χ1n) is 9.60. The van der Waals surface area contributed by atoms with Crippen molar-refractivity contribution in [3.63, 3.8) is 0 Å². The molecule has 0 saturated heterocycles. The Hall–Kier alpha value is -3.04. The van der Waals surface area contributed by atoms with E-state index in [2.05, 4.69) is 31.3 Å². The fraction of sp³-hybridized carbons (Fsp3) is 0.273. The maximum Gasteiger partial charge on any atom is 0.304 e. The van der Waals surface area contributed by atoms with E-state index in [1.807, 2.05) is 68.4 Å². The van der Waals surface area contributed by atoms with Gasteiger partial charge in [-0.25, -0.2) is 0 Å². The molecule has 1 amide bonds. The first kappa shape index (κ1) is 22.6. The average molecular weight is 486 g/mol. The highest BCUT2D eigenvalue weighted by Gasteiger charge is 2.18. The number of amides is 1. The Morgan fingerprint density at radius 3 is 2.58 bits per heavy atom. The smallest absolute Gasteiger partial charge is 0.304 e. The maximum absolute atomic E-state index is 12.1. The van der Waals surface area contributed by atoms with Crippen molar-refractivity contribution in [3.8, 4) is 5.88 Å².